The first kappa shape index (κ1) is 4.19. The van der Waals surface area contributed by atoms with Gasteiger partial charge in [0.25, 0.3) is 0 Å². The average molecular weight is 94.1 g/mol. The van der Waals surface area contributed by atoms with Crippen LogP contribution in [-0.4, -0.2) is 0 Å². The van der Waals surface area contributed by atoms with Gasteiger partial charge in [-0.1, -0.05) is 18.2 Å². The number of nitrogen functional groups attached to an aromatic ring is 1. The van der Waals surface area contributed by atoms with Crippen LogP contribution in [0.15, 0.2) is 30.3 Å². The summed E-state index contributed by atoms with van der Waals surface area (Å²) in [5, 5.41) is 0. The second-order valence-electron chi connectivity index (χ2n) is 1.41. The molecule has 36 valence electrons. The molecule has 0 atom stereocenters. The molecule has 0 heterocycles. The van der Waals surface area contributed by atoms with Gasteiger partial charge in [0.05, 0.1) is 0 Å². The Morgan fingerprint density at radius 2 is 1.57 bits per heavy atom. The molecule has 0 aliphatic carbocycles. The summed E-state index contributed by atoms with van der Waals surface area (Å²) >= 11 is 0. The molecule has 0 spiro atoms. The Bertz CT molecular complexity index is 134. The first-order chi connectivity index (χ1) is 3.39. The maximum atomic E-state index is 5.36. The highest BCUT2D eigenvalue weighted by atomic mass is 14.8. The van der Waals surface area contributed by atoms with Crippen molar-refractivity contribution >= 4 is 5.69 Å². The van der Waals surface area contributed by atoms with Crippen molar-refractivity contribution in [3.63, 3.8) is 0 Å². The topological polar surface area (TPSA) is 26.0 Å². The highest BCUT2D eigenvalue weighted by molar-refractivity contribution is 5.35. The lowest BCUT2D eigenvalue weighted by Crippen LogP contribution is -1.79. The lowest BCUT2D eigenvalue weighted by atomic mass is 10.5. The monoisotopic (exact) mass is 94.1 g/mol. The number of nitrogens with two attached hydrogens (primary N) is 1. The van der Waals surface area contributed by atoms with E-state index in [9.17, 15) is 0 Å². The van der Waals surface area contributed by atoms with Crippen LogP contribution in [0.4, 0.5) is 5.69 Å². The SMILES string of the molecule is N[13c]1ccccc1. The largest absolute Gasteiger partial charge is 0.399 e. The van der Waals surface area contributed by atoms with Crippen LogP contribution in [0.2, 0.25) is 0 Å². The van der Waals surface area contributed by atoms with E-state index in [1.165, 1.54) is 0 Å². The number of benzene rings is 1. The molecule has 0 radical (unpaired) electrons. The summed E-state index contributed by atoms with van der Waals surface area (Å²) in [6.45, 7) is 0. The standard InChI is InChI=1S/C6H7N/c7-6-4-2-1-3-5-6/h1-5H,7H2/i6+1. The average Bonchev–Trinajstić information content (AvgIpc) is 1.69. The summed E-state index contributed by atoms with van der Waals surface area (Å²) in [4.78, 5) is 0. The van der Waals surface area contributed by atoms with Gasteiger partial charge in [-0.05, 0) is 12.1 Å². The third-order valence-electron chi connectivity index (χ3n) is 0.800. The van der Waals surface area contributed by atoms with Crippen LogP contribution in [0.5, 0.6) is 0 Å². The molecule has 0 fully saturated rings. The number of para-hydroxylation sites is 1. The van der Waals surface area contributed by atoms with E-state index in [-0.39, 0.29) is 0 Å². The quantitative estimate of drug-likeness (QED) is 0.481. The second-order valence-corrected chi connectivity index (χ2v) is 1.41. The summed E-state index contributed by atoms with van der Waals surface area (Å²) < 4.78 is 0. The molecule has 0 bridgehead atoms. The molecule has 0 amide bonds. The Labute approximate surface area is 42.8 Å². The molecule has 1 nitrogen and oxygen atoms in total. The predicted octanol–water partition coefficient (Wildman–Crippen LogP) is 1.27. The lowest BCUT2D eigenvalue weighted by Gasteiger charge is -1.83. The summed E-state index contributed by atoms with van der Waals surface area (Å²) in [5.41, 5.74) is 6.18. The van der Waals surface area contributed by atoms with E-state index in [2.05, 4.69) is 0 Å². The van der Waals surface area contributed by atoms with Gasteiger partial charge in [-0.25, -0.2) is 0 Å². The van der Waals surface area contributed by atoms with Crippen LogP contribution in [-0.2, 0) is 0 Å². The highest BCUT2D eigenvalue weighted by Crippen LogP contribution is 1.95. The molecule has 0 aliphatic rings. The molecule has 1 aromatic carbocycles. The minimum Gasteiger partial charge on any atom is -0.399 e. The van der Waals surface area contributed by atoms with Crippen molar-refractivity contribution < 1.29 is 0 Å². The van der Waals surface area contributed by atoms with E-state index in [4.69, 9.17) is 5.73 Å². The fourth-order valence-corrected chi connectivity index (χ4v) is 0.453. The normalized spacial score (nSPS) is 8.57. The predicted molar refractivity (Wildman–Crippen MR) is 30.9 cm³/mol. The van der Waals surface area contributed by atoms with Crippen molar-refractivity contribution in [1.82, 2.24) is 0 Å². The fourth-order valence-electron chi connectivity index (χ4n) is 0.453. The van der Waals surface area contributed by atoms with Crippen LogP contribution >= 0.6 is 0 Å². The first-order valence-electron chi connectivity index (χ1n) is 2.20. The van der Waals surface area contributed by atoms with Gasteiger partial charge in [0.15, 0.2) is 0 Å². The molecule has 0 aromatic heterocycles. The maximum Gasteiger partial charge on any atom is 0.0313 e. The van der Waals surface area contributed by atoms with Crippen molar-refractivity contribution in [3.8, 4) is 0 Å². The van der Waals surface area contributed by atoms with E-state index in [0.29, 0.717) is 0 Å². The van der Waals surface area contributed by atoms with Gasteiger partial charge in [0.1, 0.15) is 0 Å². The van der Waals surface area contributed by atoms with Gasteiger partial charge in [0, 0.05) is 5.69 Å². The molecule has 2 N–H and O–H groups in total. The van der Waals surface area contributed by atoms with Gasteiger partial charge >= 0.3 is 0 Å². The third kappa shape index (κ3) is 0.929. The van der Waals surface area contributed by atoms with Crippen molar-refractivity contribution in [1.29, 1.82) is 0 Å². The molecule has 1 rings (SSSR count). The first-order valence-corrected chi connectivity index (χ1v) is 2.20. The van der Waals surface area contributed by atoms with Gasteiger partial charge in [0.2, 0.25) is 0 Å². The molecule has 0 aliphatic heterocycles. The van der Waals surface area contributed by atoms with Gasteiger partial charge < -0.3 is 5.73 Å². The van der Waals surface area contributed by atoms with Crippen LogP contribution in [0.3, 0.4) is 0 Å². The Balaban J connectivity index is 3.02. The third-order valence-corrected chi connectivity index (χ3v) is 0.800. The van der Waals surface area contributed by atoms with E-state index in [1.807, 2.05) is 30.3 Å². The molecule has 1 heteroatoms. The zero-order valence-corrected chi connectivity index (χ0v) is 3.96. The van der Waals surface area contributed by atoms with E-state index in [0.717, 1.165) is 5.69 Å². The number of hydrogen-bond donors (Lipinski definition) is 1. The number of rotatable bonds is 0. The summed E-state index contributed by atoms with van der Waals surface area (Å²) in [7, 11) is 0. The van der Waals surface area contributed by atoms with E-state index >= 15 is 0 Å². The molecular weight excluding hydrogens is 87.1 g/mol. The van der Waals surface area contributed by atoms with Crippen LogP contribution < -0.4 is 5.73 Å². The molecule has 0 saturated carbocycles. The van der Waals surface area contributed by atoms with Crippen LogP contribution in [0.1, 0.15) is 0 Å². The maximum absolute atomic E-state index is 5.36. The van der Waals surface area contributed by atoms with Crippen LogP contribution in [0.25, 0.3) is 0 Å². The van der Waals surface area contributed by atoms with Crippen molar-refractivity contribution in [2.24, 2.45) is 0 Å². The van der Waals surface area contributed by atoms with Gasteiger partial charge in [-0.2, -0.15) is 0 Å². The smallest absolute Gasteiger partial charge is 0.0313 e. The molecule has 0 unspecified atom stereocenters. The molecule has 0 saturated heterocycles. The summed E-state index contributed by atoms with van der Waals surface area (Å²) in [6.07, 6.45) is 0. The Morgan fingerprint density at radius 3 is 1.86 bits per heavy atom. The van der Waals surface area contributed by atoms with Gasteiger partial charge in [-0.15, -0.1) is 0 Å². The zero-order chi connectivity index (χ0) is 5.11. The Kier molecular flexibility index (Phi) is 0.984. The van der Waals surface area contributed by atoms with E-state index < -0.39 is 0 Å². The Hall–Kier alpha value is -0.980. The van der Waals surface area contributed by atoms with E-state index in [1.54, 1.807) is 0 Å². The summed E-state index contributed by atoms with van der Waals surface area (Å²) in [5.74, 6) is 0. The molecular formula is C6H7N. The zero-order valence-electron chi connectivity index (χ0n) is 3.96. The second kappa shape index (κ2) is 1.65. The minimum atomic E-state index is 0.822. The lowest BCUT2D eigenvalue weighted by molar-refractivity contribution is 1.69. The minimum absolute atomic E-state index is 0.822. The van der Waals surface area contributed by atoms with Crippen molar-refractivity contribution in [2.45, 2.75) is 0 Å². The number of anilines is 1. The summed E-state index contributed by atoms with van der Waals surface area (Å²) in [6, 6.07) is 9.49. The van der Waals surface area contributed by atoms with Crippen molar-refractivity contribution in [3.05, 3.63) is 30.3 Å². The molecule has 7 heavy (non-hydrogen) atoms. The Morgan fingerprint density at radius 1 is 1.00 bits per heavy atom. The van der Waals surface area contributed by atoms with Gasteiger partial charge in [-0.3, -0.25) is 0 Å². The number of hydrogen-bond acceptors (Lipinski definition) is 1. The van der Waals surface area contributed by atoms with Crippen LogP contribution in [0, 0.1) is 0 Å². The molecule has 1 aromatic rings. The fraction of sp³-hybridized carbons (Fsp3) is 0. The van der Waals surface area contributed by atoms with Crippen molar-refractivity contribution in [2.75, 3.05) is 5.73 Å². The highest BCUT2D eigenvalue weighted by Gasteiger charge is 1.72.